The largest absolute Gasteiger partial charge is 0.357 e. The molecular weight excluding hydrogens is 340 g/mol. The third-order valence-electron chi connectivity index (χ3n) is 5.08. The van der Waals surface area contributed by atoms with Crippen molar-refractivity contribution < 1.29 is 4.79 Å². The first-order chi connectivity index (χ1) is 11.8. The number of likely N-dealkylation sites (tertiary alicyclic amines) is 1. The number of piperidine rings is 1. The standard InChI is InChI=1S/C17H28N4OS2/c1-2-14-10-6-7-11-21(14)15(22)12-23-17-20-19-16(24-17)18-13-8-4-3-5-9-13/h13-14H,2-12H2,1H3,(H,18,19). The number of thioether (sulfide) groups is 1. The number of amides is 1. The Labute approximate surface area is 153 Å². The lowest BCUT2D eigenvalue weighted by Gasteiger charge is -2.35. The first-order valence-electron chi connectivity index (χ1n) is 9.28. The number of hydrogen-bond donors (Lipinski definition) is 1. The van der Waals surface area contributed by atoms with E-state index in [4.69, 9.17) is 0 Å². The van der Waals surface area contributed by atoms with Gasteiger partial charge in [-0.1, -0.05) is 49.3 Å². The Morgan fingerprint density at radius 3 is 2.79 bits per heavy atom. The average Bonchev–Trinajstić information content (AvgIpc) is 3.08. The van der Waals surface area contributed by atoms with Crippen LogP contribution in [0.25, 0.3) is 0 Å². The van der Waals surface area contributed by atoms with Crippen LogP contribution in [-0.4, -0.2) is 45.4 Å². The van der Waals surface area contributed by atoms with Crippen LogP contribution >= 0.6 is 23.1 Å². The zero-order chi connectivity index (χ0) is 16.8. The van der Waals surface area contributed by atoms with E-state index in [0.717, 1.165) is 35.3 Å². The highest BCUT2D eigenvalue weighted by molar-refractivity contribution is 8.01. The van der Waals surface area contributed by atoms with Crippen molar-refractivity contribution in [2.75, 3.05) is 17.6 Å². The summed E-state index contributed by atoms with van der Waals surface area (Å²) in [5, 5.41) is 12.9. The molecule has 0 aromatic carbocycles. The van der Waals surface area contributed by atoms with E-state index in [2.05, 4.69) is 27.3 Å². The molecule has 134 valence electrons. The van der Waals surface area contributed by atoms with Gasteiger partial charge in [0.2, 0.25) is 11.0 Å². The third-order valence-corrected chi connectivity index (χ3v) is 7.05. The molecule has 24 heavy (non-hydrogen) atoms. The molecule has 0 spiro atoms. The lowest BCUT2D eigenvalue weighted by Crippen LogP contribution is -2.44. The highest BCUT2D eigenvalue weighted by Crippen LogP contribution is 2.29. The van der Waals surface area contributed by atoms with E-state index in [9.17, 15) is 4.79 Å². The molecule has 5 nitrogen and oxygen atoms in total. The molecule has 2 fully saturated rings. The van der Waals surface area contributed by atoms with Gasteiger partial charge in [0.25, 0.3) is 0 Å². The van der Waals surface area contributed by atoms with Gasteiger partial charge in [-0.3, -0.25) is 4.79 Å². The molecule has 3 rings (SSSR count). The van der Waals surface area contributed by atoms with E-state index in [1.165, 1.54) is 50.3 Å². The minimum atomic E-state index is 0.253. The van der Waals surface area contributed by atoms with Gasteiger partial charge >= 0.3 is 0 Å². The Morgan fingerprint density at radius 2 is 2.00 bits per heavy atom. The molecule has 1 aromatic rings. The predicted octanol–water partition coefficient (Wildman–Crippen LogP) is 4.17. The summed E-state index contributed by atoms with van der Waals surface area (Å²) in [6.07, 6.45) is 11.0. The van der Waals surface area contributed by atoms with Crippen molar-refractivity contribution in [1.29, 1.82) is 0 Å². The highest BCUT2D eigenvalue weighted by Gasteiger charge is 2.25. The Bertz CT molecular complexity index is 530. The molecule has 1 amide bonds. The van der Waals surface area contributed by atoms with Gasteiger partial charge in [0.1, 0.15) is 0 Å². The van der Waals surface area contributed by atoms with Crippen LogP contribution in [0.15, 0.2) is 4.34 Å². The fraction of sp³-hybridized carbons (Fsp3) is 0.824. The molecule has 2 aliphatic rings. The maximum atomic E-state index is 12.5. The average molecular weight is 369 g/mol. The highest BCUT2D eigenvalue weighted by atomic mass is 32.2. The number of nitrogens with zero attached hydrogens (tertiary/aromatic N) is 3. The van der Waals surface area contributed by atoms with Crippen LogP contribution in [0.1, 0.15) is 64.7 Å². The minimum Gasteiger partial charge on any atom is -0.357 e. The molecule has 1 saturated carbocycles. The molecule has 1 saturated heterocycles. The number of hydrogen-bond acceptors (Lipinski definition) is 6. The summed E-state index contributed by atoms with van der Waals surface area (Å²) in [6.45, 7) is 3.10. The van der Waals surface area contributed by atoms with E-state index < -0.39 is 0 Å². The van der Waals surface area contributed by atoms with Crippen LogP contribution in [-0.2, 0) is 4.79 Å². The summed E-state index contributed by atoms with van der Waals surface area (Å²) in [5.74, 6) is 0.734. The van der Waals surface area contributed by atoms with Crippen LogP contribution in [0, 0.1) is 0 Å². The monoisotopic (exact) mass is 368 g/mol. The number of rotatable bonds is 6. The van der Waals surface area contributed by atoms with Crippen LogP contribution in [0.5, 0.6) is 0 Å². The van der Waals surface area contributed by atoms with Crippen molar-refractivity contribution in [3.8, 4) is 0 Å². The first-order valence-corrected chi connectivity index (χ1v) is 11.1. The topological polar surface area (TPSA) is 58.1 Å². The van der Waals surface area contributed by atoms with Crippen LogP contribution < -0.4 is 5.32 Å². The van der Waals surface area contributed by atoms with E-state index >= 15 is 0 Å². The van der Waals surface area contributed by atoms with Crippen molar-refractivity contribution in [3.63, 3.8) is 0 Å². The van der Waals surface area contributed by atoms with Gasteiger partial charge in [0.05, 0.1) is 5.75 Å². The van der Waals surface area contributed by atoms with E-state index in [-0.39, 0.29) is 5.91 Å². The van der Waals surface area contributed by atoms with Gasteiger partial charge in [-0.15, -0.1) is 10.2 Å². The Hall–Kier alpha value is -0.820. The summed E-state index contributed by atoms with van der Waals surface area (Å²) in [4.78, 5) is 14.6. The molecule has 1 N–H and O–H groups in total. The number of aromatic nitrogens is 2. The number of carbonyl (C=O) groups is 1. The van der Waals surface area contributed by atoms with Crippen molar-refractivity contribution in [1.82, 2.24) is 15.1 Å². The molecule has 1 aliphatic carbocycles. The van der Waals surface area contributed by atoms with Crippen LogP contribution in [0.3, 0.4) is 0 Å². The fourth-order valence-corrected chi connectivity index (χ4v) is 5.42. The SMILES string of the molecule is CCC1CCCCN1C(=O)CSc1nnc(NC2CCCCC2)s1. The van der Waals surface area contributed by atoms with Crippen molar-refractivity contribution in [2.45, 2.75) is 81.1 Å². The maximum absolute atomic E-state index is 12.5. The van der Waals surface area contributed by atoms with Gasteiger partial charge in [0, 0.05) is 18.6 Å². The maximum Gasteiger partial charge on any atom is 0.233 e. The molecule has 1 atom stereocenters. The summed E-state index contributed by atoms with van der Waals surface area (Å²) < 4.78 is 0.895. The third kappa shape index (κ3) is 4.85. The second-order valence-electron chi connectivity index (χ2n) is 6.79. The zero-order valence-electron chi connectivity index (χ0n) is 14.5. The molecular formula is C17H28N4OS2. The molecule has 1 unspecified atom stereocenters. The number of carbonyl (C=O) groups excluding carboxylic acids is 1. The van der Waals surface area contributed by atoms with Gasteiger partial charge in [-0.25, -0.2) is 0 Å². The number of nitrogens with one attached hydrogen (secondary N) is 1. The summed E-state index contributed by atoms with van der Waals surface area (Å²) >= 11 is 3.11. The molecule has 0 bridgehead atoms. The predicted molar refractivity (Wildman–Crippen MR) is 101 cm³/mol. The van der Waals surface area contributed by atoms with E-state index in [0.29, 0.717) is 17.8 Å². The Morgan fingerprint density at radius 1 is 1.21 bits per heavy atom. The minimum absolute atomic E-state index is 0.253. The normalized spacial score (nSPS) is 22.5. The number of anilines is 1. The smallest absolute Gasteiger partial charge is 0.233 e. The lowest BCUT2D eigenvalue weighted by molar-refractivity contribution is -0.132. The molecule has 2 heterocycles. The van der Waals surface area contributed by atoms with Gasteiger partial charge < -0.3 is 10.2 Å². The van der Waals surface area contributed by atoms with Crippen LogP contribution in [0.4, 0.5) is 5.13 Å². The lowest BCUT2D eigenvalue weighted by atomic mass is 9.96. The Kier molecular flexibility index (Phi) is 6.77. The quantitative estimate of drug-likeness (QED) is 0.764. The van der Waals surface area contributed by atoms with E-state index in [1.807, 2.05) is 0 Å². The van der Waals surface area contributed by atoms with Gasteiger partial charge in [0.15, 0.2) is 4.34 Å². The molecule has 1 aromatic heterocycles. The summed E-state index contributed by atoms with van der Waals surface area (Å²) in [7, 11) is 0. The second kappa shape index (κ2) is 9.04. The van der Waals surface area contributed by atoms with Gasteiger partial charge in [-0.05, 0) is 38.5 Å². The van der Waals surface area contributed by atoms with Crippen molar-refractivity contribution >= 4 is 34.1 Å². The van der Waals surface area contributed by atoms with Crippen LogP contribution in [0.2, 0.25) is 0 Å². The van der Waals surface area contributed by atoms with Crippen molar-refractivity contribution in [3.05, 3.63) is 0 Å². The van der Waals surface area contributed by atoms with E-state index in [1.54, 1.807) is 11.3 Å². The first kappa shape index (κ1) is 18.0. The fourth-order valence-electron chi connectivity index (χ4n) is 3.71. The van der Waals surface area contributed by atoms with Gasteiger partial charge in [-0.2, -0.15) is 0 Å². The summed E-state index contributed by atoms with van der Waals surface area (Å²) in [6, 6.07) is 0.981. The molecule has 0 radical (unpaired) electrons. The second-order valence-corrected chi connectivity index (χ2v) is 8.99. The van der Waals surface area contributed by atoms with Crippen molar-refractivity contribution in [2.24, 2.45) is 0 Å². The summed E-state index contributed by atoms with van der Waals surface area (Å²) in [5.41, 5.74) is 0. The zero-order valence-corrected chi connectivity index (χ0v) is 16.1. The molecule has 1 aliphatic heterocycles. The Balaban J connectivity index is 1.46. The molecule has 7 heteroatoms.